The van der Waals surface area contributed by atoms with E-state index in [2.05, 4.69) is 20.4 Å². The topological polar surface area (TPSA) is 108 Å². The number of nitrogens with zero attached hydrogens (tertiary/aromatic N) is 5. The molecule has 0 saturated carbocycles. The molecule has 0 bridgehead atoms. The fourth-order valence-corrected chi connectivity index (χ4v) is 4.10. The quantitative estimate of drug-likeness (QED) is 0.427. The summed E-state index contributed by atoms with van der Waals surface area (Å²) in [5, 5.41) is 10.3. The number of hydrogen-bond acceptors (Lipinski definition) is 7. The SMILES string of the molecule is Cc1cc(NC(=O)CCn2cnc3ccccc3c2=O)n(-c2nc(-c3ccco3)cs2)n1. The highest BCUT2D eigenvalue weighted by atomic mass is 32.1. The molecule has 1 N–H and O–H groups in total. The molecule has 0 atom stereocenters. The molecule has 0 aliphatic rings. The third-order valence-electron chi connectivity index (χ3n) is 4.86. The van der Waals surface area contributed by atoms with E-state index in [0.717, 1.165) is 5.69 Å². The van der Waals surface area contributed by atoms with E-state index in [4.69, 9.17) is 4.42 Å². The second-order valence-corrected chi connectivity index (χ2v) is 7.97. The number of para-hydroxylation sites is 1. The van der Waals surface area contributed by atoms with Gasteiger partial charge in [-0.3, -0.25) is 14.2 Å². The van der Waals surface area contributed by atoms with Gasteiger partial charge in [0.1, 0.15) is 11.5 Å². The summed E-state index contributed by atoms with van der Waals surface area (Å²) in [6.45, 7) is 2.06. The summed E-state index contributed by atoms with van der Waals surface area (Å²) in [7, 11) is 0. The van der Waals surface area contributed by atoms with E-state index in [9.17, 15) is 9.59 Å². The zero-order valence-electron chi connectivity index (χ0n) is 17.1. The van der Waals surface area contributed by atoms with Gasteiger partial charge < -0.3 is 9.73 Å². The van der Waals surface area contributed by atoms with Crippen molar-refractivity contribution in [3.8, 4) is 16.6 Å². The van der Waals surface area contributed by atoms with Gasteiger partial charge in [0.25, 0.3) is 5.56 Å². The van der Waals surface area contributed by atoms with Crippen LogP contribution in [0.2, 0.25) is 0 Å². The molecule has 0 spiro atoms. The van der Waals surface area contributed by atoms with Crippen LogP contribution in [0.15, 0.2) is 69.6 Å². The van der Waals surface area contributed by atoms with Crippen LogP contribution in [-0.2, 0) is 11.3 Å². The Morgan fingerprint density at radius 1 is 1.22 bits per heavy atom. The van der Waals surface area contributed by atoms with E-state index in [1.807, 2.05) is 24.4 Å². The average molecular weight is 446 g/mol. The van der Waals surface area contributed by atoms with Crippen molar-refractivity contribution in [2.45, 2.75) is 19.9 Å². The molecule has 5 rings (SSSR count). The molecule has 160 valence electrons. The summed E-state index contributed by atoms with van der Waals surface area (Å²) in [5.74, 6) is 0.933. The Balaban J connectivity index is 1.31. The lowest BCUT2D eigenvalue weighted by Crippen LogP contribution is -2.24. The fraction of sp³-hybridized carbons (Fsp3) is 0.136. The highest BCUT2D eigenvalue weighted by Gasteiger charge is 2.15. The highest BCUT2D eigenvalue weighted by molar-refractivity contribution is 7.12. The molecule has 0 aliphatic carbocycles. The third-order valence-corrected chi connectivity index (χ3v) is 5.67. The van der Waals surface area contributed by atoms with Gasteiger partial charge in [0.15, 0.2) is 5.76 Å². The molecule has 9 nitrogen and oxygen atoms in total. The Morgan fingerprint density at radius 3 is 2.94 bits per heavy atom. The molecule has 1 amide bonds. The zero-order chi connectivity index (χ0) is 22.1. The second-order valence-electron chi connectivity index (χ2n) is 7.13. The maximum absolute atomic E-state index is 12.6. The van der Waals surface area contributed by atoms with E-state index in [1.165, 1.54) is 22.2 Å². The van der Waals surface area contributed by atoms with Crippen LogP contribution in [0.5, 0.6) is 0 Å². The number of anilines is 1. The molecule has 0 unspecified atom stereocenters. The fourth-order valence-electron chi connectivity index (χ4n) is 3.33. The number of carbonyl (C=O) groups excluding carboxylic acids is 1. The van der Waals surface area contributed by atoms with Gasteiger partial charge in [-0.25, -0.2) is 9.97 Å². The molecule has 4 heterocycles. The van der Waals surface area contributed by atoms with Gasteiger partial charge >= 0.3 is 0 Å². The number of aryl methyl sites for hydroxylation is 2. The maximum Gasteiger partial charge on any atom is 0.261 e. The number of hydrogen-bond donors (Lipinski definition) is 1. The maximum atomic E-state index is 12.6. The first-order chi connectivity index (χ1) is 15.6. The molecular formula is C22H18N6O3S. The van der Waals surface area contributed by atoms with Crippen LogP contribution in [0, 0.1) is 6.92 Å². The Hall–Kier alpha value is -4.05. The van der Waals surface area contributed by atoms with Crippen molar-refractivity contribution in [2.75, 3.05) is 5.32 Å². The number of aromatic nitrogens is 5. The van der Waals surface area contributed by atoms with E-state index >= 15 is 0 Å². The van der Waals surface area contributed by atoms with Gasteiger partial charge in [0.05, 0.1) is 29.2 Å². The number of benzene rings is 1. The van der Waals surface area contributed by atoms with Gasteiger partial charge in [-0.2, -0.15) is 9.78 Å². The number of nitrogens with one attached hydrogen (secondary N) is 1. The second kappa shape index (κ2) is 8.23. The van der Waals surface area contributed by atoms with Crippen molar-refractivity contribution in [3.05, 3.63) is 76.5 Å². The molecule has 10 heteroatoms. The lowest BCUT2D eigenvalue weighted by Gasteiger charge is -2.08. The minimum atomic E-state index is -0.242. The lowest BCUT2D eigenvalue weighted by atomic mass is 10.2. The number of carbonyl (C=O) groups is 1. The van der Waals surface area contributed by atoms with Crippen LogP contribution in [-0.4, -0.2) is 30.2 Å². The lowest BCUT2D eigenvalue weighted by molar-refractivity contribution is -0.116. The Labute approximate surface area is 186 Å². The molecule has 1 aromatic carbocycles. The first kappa shape index (κ1) is 19.9. The number of amides is 1. The summed E-state index contributed by atoms with van der Waals surface area (Å²) in [4.78, 5) is 34.1. The monoisotopic (exact) mass is 446 g/mol. The molecule has 4 aromatic heterocycles. The Kier molecular flexibility index (Phi) is 5.12. The zero-order valence-corrected chi connectivity index (χ0v) is 17.9. The Bertz CT molecular complexity index is 1460. The van der Waals surface area contributed by atoms with E-state index < -0.39 is 0 Å². The third kappa shape index (κ3) is 3.83. The van der Waals surface area contributed by atoms with Crippen molar-refractivity contribution in [3.63, 3.8) is 0 Å². The first-order valence-corrected chi connectivity index (χ1v) is 10.8. The molecule has 32 heavy (non-hydrogen) atoms. The Morgan fingerprint density at radius 2 is 2.09 bits per heavy atom. The van der Waals surface area contributed by atoms with Crippen molar-refractivity contribution in [2.24, 2.45) is 0 Å². The molecule has 0 saturated heterocycles. The number of thiazole rings is 1. The molecular weight excluding hydrogens is 428 g/mol. The predicted molar refractivity (Wildman–Crippen MR) is 121 cm³/mol. The van der Waals surface area contributed by atoms with Gasteiger partial charge in [0.2, 0.25) is 11.0 Å². The van der Waals surface area contributed by atoms with Crippen LogP contribution in [0.1, 0.15) is 12.1 Å². The van der Waals surface area contributed by atoms with Crippen molar-refractivity contribution < 1.29 is 9.21 Å². The molecule has 0 aliphatic heterocycles. The van der Waals surface area contributed by atoms with Crippen LogP contribution >= 0.6 is 11.3 Å². The highest BCUT2D eigenvalue weighted by Crippen LogP contribution is 2.26. The average Bonchev–Trinajstić information content (AvgIpc) is 3.54. The molecule has 0 fully saturated rings. The van der Waals surface area contributed by atoms with E-state index in [0.29, 0.717) is 33.3 Å². The minimum Gasteiger partial charge on any atom is -0.463 e. The van der Waals surface area contributed by atoms with Crippen LogP contribution in [0.3, 0.4) is 0 Å². The number of rotatable bonds is 6. The largest absolute Gasteiger partial charge is 0.463 e. The summed E-state index contributed by atoms with van der Waals surface area (Å²) in [6, 6.07) is 12.5. The van der Waals surface area contributed by atoms with Gasteiger partial charge in [-0.05, 0) is 31.2 Å². The summed E-state index contributed by atoms with van der Waals surface area (Å²) in [6.07, 6.45) is 3.17. The molecule has 5 aromatic rings. The van der Waals surface area contributed by atoms with E-state index in [1.54, 1.807) is 41.3 Å². The number of furan rings is 1. The van der Waals surface area contributed by atoms with Crippen LogP contribution in [0.25, 0.3) is 27.5 Å². The normalized spacial score (nSPS) is 11.2. The smallest absolute Gasteiger partial charge is 0.261 e. The molecule has 0 radical (unpaired) electrons. The van der Waals surface area contributed by atoms with Crippen molar-refractivity contribution >= 4 is 34.0 Å². The van der Waals surface area contributed by atoms with Gasteiger partial charge in [0, 0.05) is 24.4 Å². The minimum absolute atomic E-state index is 0.111. The van der Waals surface area contributed by atoms with Crippen LogP contribution in [0.4, 0.5) is 5.82 Å². The number of fused-ring (bicyclic) bond motifs is 1. The summed E-state index contributed by atoms with van der Waals surface area (Å²) in [5.41, 5.74) is 1.90. The van der Waals surface area contributed by atoms with Crippen molar-refractivity contribution in [1.82, 2.24) is 24.3 Å². The standard InChI is InChI=1S/C22H18N6O3S/c1-14-11-19(28(26-14)22-24-17(12-32-22)18-7-4-10-31-18)25-20(29)8-9-27-13-23-16-6-3-2-5-15(16)21(27)30/h2-7,10-13H,8-9H2,1H3,(H,25,29). The van der Waals surface area contributed by atoms with Crippen molar-refractivity contribution in [1.29, 1.82) is 0 Å². The predicted octanol–water partition coefficient (Wildman–Crippen LogP) is 3.64. The van der Waals surface area contributed by atoms with Crippen LogP contribution < -0.4 is 10.9 Å². The summed E-state index contributed by atoms with van der Waals surface area (Å²) >= 11 is 1.39. The van der Waals surface area contributed by atoms with Gasteiger partial charge in [-0.1, -0.05) is 12.1 Å². The summed E-state index contributed by atoms with van der Waals surface area (Å²) < 4.78 is 8.43. The van der Waals surface area contributed by atoms with E-state index in [-0.39, 0.29) is 24.4 Å². The first-order valence-electron chi connectivity index (χ1n) is 9.89. The van der Waals surface area contributed by atoms with Gasteiger partial charge in [-0.15, -0.1) is 11.3 Å².